The Kier molecular flexibility index (Phi) is 3.49. The van der Waals surface area contributed by atoms with Crippen LogP contribution in [0.5, 0.6) is 0 Å². The Morgan fingerprint density at radius 1 is 1.12 bits per heavy atom. The summed E-state index contributed by atoms with van der Waals surface area (Å²) in [7, 11) is -3.55. The van der Waals surface area contributed by atoms with E-state index in [1.54, 1.807) is 0 Å². The summed E-state index contributed by atoms with van der Waals surface area (Å²) < 4.78 is 28.2. The van der Waals surface area contributed by atoms with Crippen molar-refractivity contribution in [3.63, 3.8) is 0 Å². The maximum atomic E-state index is 9.99. The van der Waals surface area contributed by atoms with Crippen molar-refractivity contribution < 1.29 is 16.8 Å². The van der Waals surface area contributed by atoms with Crippen LogP contribution in [0.25, 0.3) is 0 Å². The normalized spacial score (nSPS) is 24.5. The van der Waals surface area contributed by atoms with E-state index in [1.165, 1.54) is 0 Å². The SMILES string of the molecule is O=S1(=O)OCCO1.[Na]. The standard InChI is InChI=1S/C2H4O4S.Na/c3-7(4)5-1-2-6-7;/h1-2H2;. The van der Waals surface area contributed by atoms with E-state index in [9.17, 15) is 8.42 Å². The monoisotopic (exact) mass is 147 g/mol. The Labute approximate surface area is 69.8 Å². The number of hydrogen-bond donors (Lipinski definition) is 0. The van der Waals surface area contributed by atoms with E-state index in [0.717, 1.165) is 0 Å². The average molecular weight is 147 g/mol. The van der Waals surface area contributed by atoms with Crippen LogP contribution in [0.1, 0.15) is 0 Å². The molecule has 1 heterocycles. The first kappa shape index (κ1) is 8.87. The van der Waals surface area contributed by atoms with E-state index in [1.807, 2.05) is 0 Å². The first-order valence-electron chi connectivity index (χ1n) is 1.74. The number of rotatable bonds is 0. The molecule has 0 atom stereocenters. The summed E-state index contributed by atoms with van der Waals surface area (Å²) in [5.41, 5.74) is 0. The Balaban J connectivity index is 0.000000490. The third-order valence-electron chi connectivity index (χ3n) is 0.539. The van der Waals surface area contributed by atoms with Gasteiger partial charge < -0.3 is 0 Å². The van der Waals surface area contributed by atoms with E-state index in [2.05, 4.69) is 8.37 Å². The van der Waals surface area contributed by atoms with Crippen molar-refractivity contribution in [2.45, 2.75) is 0 Å². The van der Waals surface area contributed by atoms with Gasteiger partial charge in [-0.05, 0) is 0 Å². The second-order valence-electron chi connectivity index (χ2n) is 1.05. The summed E-state index contributed by atoms with van der Waals surface area (Å²) >= 11 is 0. The van der Waals surface area contributed by atoms with Crippen LogP contribution in [-0.2, 0) is 18.8 Å². The molecule has 43 valence electrons. The fraction of sp³-hybridized carbons (Fsp3) is 1.00. The van der Waals surface area contributed by atoms with Gasteiger partial charge in [-0.2, -0.15) is 8.42 Å². The largest absolute Gasteiger partial charge is 0.400 e. The molecule has 1 rings (SSSR count). The molecule has 4 nitrogen and oxygen atoms in total. The van der Waals surface area contributed by atoms with Gasteiger partial charge in [-0.15, -0.1) is 0 Å². The fourth-order valence-electron chi connectivity index (χ4n) is 0.306. The molecular formula is C2H4NaO4S. The van der Waals surface area contributed by atoms with Gasteiger partial charge in [0.05, 0.1) is 13.2 Å². The molecule has 1 radical (unpaired) electrons. The minimum atomic E-state index is -3.55. The van der Waals surface area contributed by atoms with Crippen LogP contribution in [0.2, 0.25) is 0 Å². The zero-order valence-electron chi connectivity index (χ0n) is 4.46. The smallest absolute Gasteiger partial charge is 0.246 e. The van der Waals surface area contributed by atoms with E-state index in [-0.39, 0.29) is 42.8 Å². The van der Waals surface area contributed by atoms with Crippen LogP contribution in [0, 0.1) is 0 Å². The Morgan fingerprint density at radius 3 is 1.62 bits per heavy atom. The van der Waals surface area contributed by atoms with Gasteiger partial charge in [0.25, 0.3) is 0 Å². The molecule has 0 aromatic carbocycles. The molecule has 0 N–H and O–H groups in total. The van der Waals surface area contributed by atoms with Gasteiger partial charge in [0.2, 0.25) is 0 Å². The molecule has 0 aromatic rings. The second-order valence-corrected chi connectivity index (χ2v) is 2.34. The predicted molar refractivity (Wildman–Crippen MR) is 26.6 cm³/mol. The van der Waals surface area contributed by atoms with Gasteiger partial charge in [-0.25, -0.2) is 8.37 Å². The van der Waals surface area contributed by atoms with Crippen molar-refractivity contribution in [2.24, 2.45) is 0 Å². The molecule has 6 heteroatoms. The second kappa shape index (κ2) is 3.14. The fourth-order valence-corrected chi connectivity index (χ4v) is 0.919. The third kappa shape index (κ3) is 2.43. The van der Waals surface area contributed by atoms with Gasteiger partial charge in [0.15, 0.2) is 0 Å². The van der Waals surface area contributed by atoms with Gasteiger partial charge >= 0.3 is 10.4 Å². The zero-order valence-corrected chi connectivity index (χ0v) is 7.27. The maximum absolute atomic E-state index is 9.99. The molecule has 0 bridgehead atoms. The Bertz CT molecular complexity index is 137. The molecule has 0 saturated carbocycles. The van der Waals surface area contributed by atoms with E-state index in [4.69, 9.17) is 0 Å². The molecule has 0 amide bonds. The minimum Gasteiger partial charge on any atom is -0.246 e. The maximum Gasteiger partial charge on any atom is 0.400 e. The first-order chi connectivity index (χ1) is 3.21. The van der Waals surface area contributed by atoms with Crippen LogP contribution < -0.4 is 0 Å². The van der Waals surface area contributed by atoms with Gasteiger partial charge in [0.1, 0.15) is 0 Å². The quantitative estimate of drug-likeness (QED) is 0.408. The van der Waals surface area contributed by atoms with Crippen molar-refractivity contribution in [1.82, 2.24) is 0 Å². The van der Waals surface area contributed by atoms with E-state index >= 15 is 0 Å². The summed E-state index contributed by atoms with van der Waals surface area (Å²) in [6, 6.07) is 0. The molecule has 0 unspecified atom stereocenters. The number of hydrogen-bond acceptors (Lipinski definition) is 4. The van der Waals surface area contributed by atoms with Crippen LogP contribution in [0.4, 0.5) is 0 Å². The minimum absolute atomic E-state index is 0. The molecule has 1 fully saturated rings. The van der Waals surface area contributed by atoms with E-state index in [0.29, 0.717) is 0 Å². The van der Waals surface area contributed by atoms with Crippen LogP contribution in [-0.4, -0.2) is 51.2 Å². The van der Waals surface area contributed by atoms with Crippen LogP contribution >= 0.6 is 0 Å². The Hall–Kier alpha value is 0.870. The summed E-state index contributed by atoms with van der Waals surface area (Å²) in [6.07, 6.45) is 0. The van der Waals surface area contributed by atoms with Crippen LogP contribution in [0.3, 0.4) is 0 Å². The van der Waals surface area contributed by atoms with Crippen molar-refractivity contribution in [3.05, 3.63) is 0 Å². The average Bonchev–Trinajstić information content (AvgIpc) is 1.84. The van der Waals surface area contributed by atoms with Crippen molar-refractivity contribution in [3.8, 4) is 0 Å². The molecule has 0 aromatic heterocycles. The molecule has 0 aliphatic carbocycles. The molecule has 1 saturated heterocycles. The van der Waals surface area contributed by atoms with E-state index < -0.39 is 10.4 Å². The van der Waals surface area contributed by atoms with Gasteiger partial charge in [-0.3, -0.25) is 0 Å². The topological polar surface area (TPSA) is 52.6 Å². The summed E-state index contributed by atoms with van der Waals surface area (Å²) in [4.78, 5) is 0. The van der Waals surface area contributed by atoms with Crippen molar-refractivity contribution in [2.75, 3.05) is 13.2 Å². The summed E-state index contributed by atoms with van der Waals surface area (Å²) in [5, 5.41) is 0. The molecular weight excluding hydrogens is 143 g/mol. The zero-order chi connectivity index (χ0) is 5.33. The van der Waals surface area contributed by atoms with Crippen LogP contribution in [0.15, 0.2) is 0 Å². The molecule has 0 spiro atoms. The summed E-state index contributed by atoms with van der Waals surface area (Å²) in [6.45, 7) is 0.310. The first-order valence-corrected chi connectivity index (χ1v) is 3.08. The molecule has 1 aliphatic rings. The van der Waals surface area contributed by atoms with Gasteiger partial charge in [-0.1, -0.05) is 0 Å². The predicted octanol–water partition coefficient (Wildman–Crippen LogP) is -1.10. The summed E-state index contributed by atoms with van der Waals surface area (Å²) in [5.74, 6) is 0. The third-order valence-corrected chi connectivity index (χ3v) is 1.45. The van der Waals surface area contributed by atoms with Crippen molar-refractivity contribution >= 4 is 40.0 Å². The molecule has 1 aliphatic heterocycles. The van der Waals surface area contributed by atoms with Crippen molar-refractivity contribution in [1.29, 1.82) is 0 Å². The Morgan fingerprint density at radius 2 is 1.50 bits per heavy atom. The molecule has 8 heavy (non-hydrogen) atoms. The van der Waals surface area contributed by atoms with Gasteiger partial charge in [0, 0.05) is 29.6 Å².